The van der Waals surface area contributed by atoms with Crippen molar-refractivity contribution >= 4 is 5.69 Å². The zero-order chi connectivity index (χ0) is 13.4. The van der Waals surface area contributed by atoms with Gasteiger partial charge in [-0.05, 0) is 6.07 Å². The summed E-state index contributed by atoms with van der Waals surface area (Å²) >= 11 is 0. The molecule has 0 radical (unpaired) electrons. The molecule has 17 heavy (non-hydrogen) atoms. The van der Waals surface area contributed by atoms with Gasteiger partial charge < -0.3 is 10.8 Å². The Balaban J connectivity index is 3.22. The lowest BCUT2D eigenvalue weighted by Crippen LogP contribution is -2.40. The Bertz CT molecular complexity index is 416. The molecular weight excluding hydrogens is 252 g/mol. The minimum Gasteiger partial charge on any atom is -0.505 e. The fraction of sp³-hybridized carbons (Fsp3) is 0.333. The number of nitrogen functional groups attached to an aromatic ring is 1. The molecule has 3 N–H and O–H groups in total. The van der Waals surface area contributed by atoms with E-state index in [9.17, 15) is 26.3 Å². The first kappa shape index (κ1) is 13.5. The highest BCUT2D eigenvalue weighted by atomic mass is 19.4. The average molecular weight is 259 g/mol. The Kier molecular flexibility index (Phi) is 3.17. The van der Waals surface area contributed by atoms with Crippen molar-refractivity contribution in [2.75, 3.05) is 5.73 Å². The van der Waals surface area contributed by atoms with Crippen molar-refractivity contribution in [1.29, 1.82) is 0 Å². The summed E-state index contributed by atoms with van der Waals surface area (Å²) in [5.41, 5.74) is 3.38. The van der Waals surface area contributed by atoms with Crippen molar-refractivity contribution in [3.8, 4) is 5.75 Å². The molecule has 0 amide bonds. The quantitative estimate of drug-likeness (QED) is 0.486. The lowest BCUT2D eigenvalue weighted by Gasteiger charge is -2.24. The van der Waals surface area contributed by atoms with Crippen molar-refractivity contribution in [3.05, 3.63) is 23.8 Å². The molecule has 0 aliphatic heterocycles. The van der Waals surface area contributed by atoms with Gasteiger partial charge in [-0.25, -0.2) is 4.39 Å². The van der Waals surface area contributed by atoms with Crippen LogP contribution in [0.15, 0.2) is 18.2 Å². The maximum atomic E-state index is 13.2. The van der Waals surface area contributed by atoms with Gasteiger partial charge in [0.15, 0.2) is 0 Å². The number of benzene rings is 1. The van der Waals surface area contributed by atoms with E-state index in [-0.39, 0.29) is 0 Å². The van der Waals surface area contributed by atoms with Crippen LogP contribution in [0.1, 0.15) is 11.7 Å². The molecule has 1 aromatic rings. The monoisotopic (exact) mass is 259 g/mol. The second kappa shape index (κ2) is 4.01. The van der Waals surface area contributed by atoms with Gasteiger partial charge in [0.05, 0.1) is 5.69 Å². The highest BCUT2D eigenvalue weighted by Gasteiger charge is 2.64. The van der Waals surface area contributed by atoms with Crippen molar-refractivity contribution in [3.63, 3.8) is 0 Å². The van der Waals surface area contributed by atoms with Crippen LogP contribution in [0.2, 0.25) is 0 Å². The van der Waals surface area contributed by atoms with Crippen LogP contribution in [0.3, 0.4) is 0 Å². The van der Waals surface area contributed by atoms with E-state index in [0.717, 1.165) is 12.1 Å². The fourth-order valence-electron chi connectivity index (χ4n) is 1.12. The molecule has 96 valence electrons. The van der Waals surface area contributed by atoms with E-state index < -0.39 is 35.3 Å². The van der Waals surface area contributed by atoms with E-state index in [1.54, 1.807) is 0 Å². The van der Waals surface area contributed by atoms with E-state index in [0.29, 0.717) is 6.07 Å². The Morgan fingerprint density at radius 1 is 1.12 bits per heavy atom. The number of phenolic OH excluding ortho intramolecular Hbond substituents is 1. The SMILES string of the molecule is Nc1cccc(C(F)C(F)(F)C(F)(F)F)c1O. The van der Waals surface area contributed by atoms with Gasteiger partial charge in [0.1, 0.15) is 5.75 Å². The molecule has 1 atom stereocenters. The molecule has 1 rings (SSSR count). The molecule has 0 spiro atoms. The number of hydrogen-bond donors (Lipinski definition) is 2. The summed E-state index contributed by atoms with van der Waals surface area (Å²) < 4.78 is 74.2. The largest absolute Gasteiger partial charge is 0.505 e. The van der Waals surface area contributed by atoms with E-state index in [1.807, 2.05) is 0 Å². The summed E-state index contributed by atoms with van der Waals surface area (Å²) in [5.74, 6) is -6.72. The number of phenols is 1. The van der Waals surface area contributed by atoms with Crippen molar-refractivity contribution in [2.45, 2.75) is 18.3 Å². The molecule has 2 nitrogen and oxygen atoms in total. The van der Waals surface area contributed by atoms with Crippen molar-refractivity contribution < 1.29 is 31.4 Å². The molecule has 0 heterocycles. The smallest absolute Gasteiger partial charge is 0.456 e. The van der Waals surface area contributed by atoms with Crippen molar-refractivity contribution in [1.82, 2.24) is 0 Å². The predicted molar refractivity (Wildman–Crippen MR) is 47.4 cm³/mol. The number of para-hydroxylation sites is 1. The van der Waals surface area contributed by atoms with Crippen LogP contribution < -0.4 is 5.73 Å². The van der Waals surface area contributed by atoms with E-state index in [4.69, 9.17) is 10.8 Å². The van der Waals surface area contributed by atoms with Gasteiger partial charge >= 0.3 is 12.1 Å². The molecule has 0 fully saturated rings. The summed E-state index contributed by atoms with van der Waals surface area (Å²) in [5, 5.41) is 9.13. The highest BCUT2D eigenvalue weighted by molar-refractivity contribution is 5.56. The lowest BCUT2D eigenvalue weighted by atomic mass is 10.0. The van der Waals surface area contributed by atoms with Gasteiger partial charge in [0, 0.05) is 5.56 Å². The number of halogens is 6. The number of alkyl halides is 6. The Labute approximate surface area is 91.7 Å². The van der Waals surface area contributed by atoms with E-state index >= 15 is 0 Å². The van der Waals surface area contributed by atoms with Gasteiger partial charge in [0.25, 0.3) is 0 Å². The third-order valence-electron chi connectivity index (χ3n) is 2.07. The summed E-state index contributed by atoms with van der Waals surface area (Å²) in [7, 11) is 0. The molecule has 1 aromatic carbocycles. The standard InChI is InChI=1S/C9H7F6NO/c10-7(8(11,12)9(13,14)15)4-2-1-3-5(16)6(4)17/h1-3,7,17H,16H2. The van der Waals surface area contributed by atoms with Crippen LogP contribution in [-0.2, 0) is 0 Å². The topological polar surface area (TPSA) is 46.2 Å². The molecule has 0 bridgehead atoms. The van der Waals surface area contributed by atoms with Crippen LogP contribution in [0.25, 0.3) is 0 Å². The van der Waals surface area contributed by atoms with Gasteiger partial charge in [-0.1, -0.05) is 12.1 Å². The molecular formula is C9H7F6NO. The average Bonchev–Trinajstić information content (AvgIpc) is 2.19. The zero-order valence-electron chi connectivity index (χ0n) is 8.10. The number of rotatable bonds is 2. The fourth-order valence-corrected chi connectivity index (χ4v) is 1.12. The normalized spacial score (nSPS) is 14.7. The van der Waals surface area contributed by atoms with E-state index in [1.165, 1.54) is 0 Å². The minimum atomic E-state index is -6.05. The molecule has 0 saturated carbocycles. The third kappa shape index (κ3) is 2.25. The van der Waals surface area contributed by atoms with Crippen LogP contribution in [0.4, 0.5) is 32.0 Å². The van der Waals surface area contributed by atoms with Crippen LogP contribution >= 0.6 is 0 Å². The maximum Gasteiger partial charge on any atom is 0.456 e. The first-order chi connectivity index (χ1) is 7.59. The molecule has 0 aliphatic rings. The Hall–Kier alpha value is -1.60. The molecule has 0 saturated heterocycles. The summed E-state index contributed by atoms with van der Waals surface area (Å²) in [6.07, 6.45) is -9.77. The number of anilines is 1. The Morgan fingerprint density at radius 3 is 2.12 bits per heavy atom. The van der Waals surface area contributed by atoms with Gasteiger partial charge in [-0.15, -0.1) is 0 Å². The zero-order valence-corrected chi connectivity index (χ0v) is 8.10. The van der Waals surface area contributed by atoms with Crippen LogP contribution in [0.5, 0.6) is 5.75 Å². The Morgan fingerprint density at radius 2 is 1.65 bits per heavy atom. The number of aromatic hydroxyl groups is 1. The number of hydrogen-bond acceptors (Lipinski definition) is 2. The van der Waals surface area contributed by atoms with Crippen LogP contribution in [-0.4, -0.2) is 17.2 Å². The van der Waals surface area contributed by atoms with Crippen LogP contribution in [0, 0.1) is 0 Å². The summed E-state index contributed by atoms with van der Waals surface area (Å²) in [6.45, 7) is 0. The first-order valence-electron chi connectivity index (χ1n) is 4.25. The summed E-state index contributed by atoms with van der Waals surface area (Å²) in [6, 6.07) is 2.61. The summed E-state index contributed by atoms with van der Waals surface area (Å²) in [4.78, 5) is 0. The molecule has 8 heteroatoms. The molecule has 0 aliphatic carbocycles. The molecule has 0 aromatic heterocycles. The maximum absolute atomic E-state index is 13.2. The second-order valence-electron chi connectivity index (χ2n) is 3.27. The van der Waals surface area contributed by atoms with Crippen molar-refractivity contribution in [2.24, 2.45) is 0 Å². The second-order valence-corrected chi connectivity index (χ2v) is 3.27. The van der Waals surface area contributed by atoms with E-state index in [2.05, 4.69) is 0 Å². The number of nitrogens with two attached hydrogens (primary N) is 1. The molecule has 1 unspecified atom stereocenters. The minimum absolute atomic E-state index is 0.483. The predicted octanol–water partition coefficient (Wildman–Crippen LogP) is 3.18. The van der Waals surface area contributed by atoms with Gasteiger partial charge in [0.2, 0.25) is 6.17 Å². The highest BCUT2D eigenvalue weighted by Crippen LogP contribution is 2.48. The van der Waals surface area contributed by atoms with Gasteiger partial charge in [-0.3, -0.25) is 0 Å². The van der Waals surface area contributed by atoms with Gasteiger partial charge in [-0.2, -0.15) is 22.0 Å². The lowest BCUT2D eigenvalue weighted by molar-refractivity contribution is -0.305. The third-order valence-corrected chi connectivity index (χ3v) is 2.07. The first-order valence-corrected chi connectivity index (χ1v) is 4.25.